The highest BCUT2D eigenvalue weighted by molar-refractivity contribution is 6.77. The van der Waals surface area contributed by atoms with Crippen LogP contribution in [-0.4, -0.2) is 45.3 Å². The largest absolute Gasteiger partial charge is 0.441 e. The summed E-state index contributed by atoms with van der Waals surface area (Å²) < 4.78 is 13.9. The fourth-order valence-electron chi connectivity index (χ4n) is 3.08. The van der Waals surface area contributed by atoms with Crippen molar-refractivity contribution in [1.29, 1.82) is 0 Å². The van der Waals surface area contributed by atoms with E-state index in [0.29, 0.717) is 0 Å². The number of hydrogen-bond acceptors (Lipinski definition) is 4. The average Bonchev–Trinajstić information content (AvgIpc) is 2.41. The van der Waals surface area contributed by atoms with Crippen LogP contribution < -0.4 is 0 Å². The zero-order valence-electron chi connectivity index (χ0n) is 18.2. The number of carbonyl (C=O) groups excluding carboxylic acids is 2. The van der Waals surface area contributed by atoms with E-state index in [1.54, 1.807) is 0 Å². The van der Waals surface area contributed by atoms with Crippen LogP contribution in [0.5, 0.6) is 0 Å². The molecule has 26 heavy (non-hydrogen) atoms. The SMILES string of the molecule is CC=CC[Si](C)(C)N1C(=O)[C@H]([C@@H](C)O[Si](C)(C)C(C)(C)C)[C@@H]1OC(C)=O. The Morgan fingerprint density at radius 2 is 1.81 bits per heavy atom. The van der Waals surface area contributed by atoms with Gasteiger partial charge in [0.2, 0.25) is 5.91 Å². The second-order valence-corrected chi connectivity index (χ2v) is 18.7. The summed E-state index contributed by atoms with van der Waals surface area (Å²) in [5.74, 6) is -0.707. The number of rotatable bonds is 7. The Bertz CT molecular complexity index is 566. The molecule has 3 atom stereocenters. The number of ether oxygens (including phenoxy) is 1. The van der Waals surface area contributed by atoms with Crippen molar-refractivity contribution in [1.82, 2.24) is 4.57 Å². The van der Waals surface area contributed by atoms with Crippen LogP contribution in [0.15, 0.2) is 12.2 Å². The van der Waals surface area contributed by atoms with Crippen molar-refractivity contribution in [2.45, 2.75) is 91.1 Å². The molecule has 150 valence electrons. The van der Waals surface area contributed by atoms with Crippen molar-refractivity contribution in [2.75, 3.05) is 0 Å². The lowest BCUT2D eigenvalue weighted by Crippen LogP contribution is -2.73. The highest BCUT2D eigenvalue weighted by Gasteiger charge is 2.58. The lowest BCUT2D eigenvalue weighted by Gasteiger charge is -2.55. The molecule has 0 N–H and O–H groups in total. The molecule has 0 aromatic rings. The van der Waals surface area contributed by atoms with E-state index in [0.717, 1.165) is 6.04 Å². The summed E-state index contributed by atoms with van der Waals surface area (Å²) in [7, 11) is -4.05. The van der Waals surface area contributed by atoms with E-state index in [1.165, 1.54) is 6.92 Å². The molecule has 5 nitrogen and oxygen atoms in total. The Morgan fingerprint density at radius 1 is 1.27 bits per heavy atom. The molecule has 1 amide bonds. The summed E-state index contributed by atoms with van der Waals surface area (Å²) in [4.78, 5) is 24.7. The number of β-lactam (4-membered cyclic amide) rings is 1. The van der Waals surface area contributed by atoms with Gasteiger partial charge in [-0.15, -0.1) is 0 Å². The van der Waals surface area contributed by atoms with Crippen LogP contribution in [0.3, 0.4) is 0 Å². The zero-order chi connectivity index (χ0) is 20.5. The highest BCUT2D eigenvalue weighted by Crippen LogP contribution is 2.42. The van der Waals surface area contributed by atoms with Gasteiger partial charge in [-0.25, -0.2) is 0 Å². The molecule has 0 bridgehead atoms. The van der Waals surface area contributed by atoms with Crippen molar-refractivity contribution < 1.29 is 18.8 Å². The first kappa shape index (κ1) is 23.1. The predicted molar refractivity (Wildman–Crippen MR) is 111 cm³/mol. The van der Waals surface area contributed by atoms with Crippen LogP contribution in [0.25, 0.3) is 0 Å². The molecule has 0 radical (unpaired) electrons. The molecule has 0 saturated carbocycles. The number of carbonyl (C=O) groups is 2. The maximum atomic E-state index is 13.0. The van der Waals surface area contributed by atoms with E-state index in [-0.39, 0.29) is 23.0 Å². The Hall–Kier alpha value is -0.926. The van der Waals surface area contributed by atoms with Crippen LogP contribution >= 0.6 is 0 Å². The standard InChI is InChI=1S/C19H37NO4Si2/c1-11-12-13-25(7,8)20-17(22)16(18(20)23-15(3)21)14(2)24-26(9,10)19(4,5)6/h11-12,14,16,18H,13H2,1-10H3/t14-,16+,18+/m1/s1. The van der Waals surface area contributed by atoms with Crippen LogP contribution in [0.1, 0.15) is 41.5 Å². The van der Waals surface area contributed by atoms with Gasteiger partial charge in [0.05, 0.1) is 6.10 Å². The van der Waals surface area contributed by atoms with E-state index in [4.69, 9.17) is 9.16 Å². The van der Waals surface area contributed by atoms with Gasteiger partial charge in [-0.3, -0.25) is 9.59 Å². The summed E-state index contributed by atoms with van der Waals surface area (Å²) in [5.41, 5.74) is 0. The minimum absolute atomic E-state index is 0.0589. The Morgan fingerprint density at radius 3 is 2.23 bits per heavy atom. The molecule has 1 saturated heterocycles. The number of allylic oxidation sites excluding steroid dienone is 2. The molecule has 1 aliphatic rings. The Labute approximate surface area is 161 Å². The summed E-state index contributed by atoms with van der Waals surface area (Å²) in [6, 6.07) is 0.844. The number of nitrogens with zero attached hydrogens (tertiary/aromatic N) is 1. The first-order valence-corrected chi connectivity index (χ1v) is 15.5. The van der Waals surface area contributed by atoms with Crippen LogP contribution in [-0.2, 0) is 18.8 Å². The molecule has 1 rings (SSSR count). The number of esters is 1. The van der Waals surface area contributed by atoms with Gasteiger partial charge in [0, 0.05) is 6.92 Å². The molecule has 0 aromatic heterocycles. The van der Waals surface area contributed by atoms with Crippen molar-refractivity contribution in [2.24, 2.45) is 5.92 Å². The van der Waals surface area contributed by atoms with Crippen LogP contribution in [0.4, 0.5) is 0 Å². The quantitative estimate of drug-likeness (QED) is 0.273. The zero-order valence-corrected chi connectivity index (χ0v) is 20.2. The minimum Gasteiger partial charge on any atom is -0.441 e. The smallest absolute Gasteiger partial charge is 0.304 e. The normalized spacial score (nSPS) is 23.2. The van der Waals surface area contributed by atoms with Gasteiger partial charge in [0.1, 0.15) is 5.92 Å². The third-order valence-corrected chi connectivity index (χ3v) is 13.3. The fourth-order valence-corrected chi connectivity index (χ4v) is 7.16. The van der Waals surface area contributed by atoms with Crippen molar-refractivity contribution >= 4 is 28.4 Å². The van der Waals surface area contributed by atoms with Crippen molar-refractivity contribution in [3.8, 4) is 0 Å². The third kappa shape index (κ3) is 4.86. The van der Waals surface area contributed by atoms with Gasteiger partial charge in [0.15, 0.2) is 22.8 Å². The molecule has 0 aromatic carbocycles. The maximum absolute atomic E-state index is 13.0. The summed E-state index contributed by atoms with van der Waals surface area (Å²) in [6.45, 7) is 20.5. The minimum atomic E-state index is -2.04. The summed E-state index contributed by atoms with van der Waals surface area (Å²) in [5, 5.41) is 0.0601. The lowest BCUT2D eigenvalue weighted by molar-refractivity contribution is -0.193. The first-order valence-electron chi connectivity index (χ1n) is 9.45. The van der Waals surface area contributed by atoms with E-state index >= 15 is 0 Å². The molecule has 7 heteroatoms. The van der Waals surface area contributed by atoms with Gasteiger partial charge < -0.3 is 13.7 Å². The summed E-state index contributed by atoms with van der Waals surface area (Å²) >= 11 is 0. The molecule has 0 aliphatic carbocycles. The second-order valence-electron chi connectivity index (χ2n) is 9.40. The van der Waals surface area contributed by atoms with Gasteiger partial charge in [-0.2, -0.15) is 0 Å². The molecule has 1 heterocycles. The molecule has 1 aliphatic heterocycles. The monoisotopic (exact) mass is 399 g/mol. The average molecular weight is 400 g/mol. The molecule has 0 spiro atoms. The van der Waals surface area contributed by atoms with E-state index < -0.39 is 28.7 Å². The Kier molecular flexibility index (Phi) is 7.10. The molecular formula is C19H37NO4Si2. The van der Waals surface area contributed by atoms with Crippen molar-refractivity contribution in [3.63, 3.8) is 0 Å². The third-order valence-electron chi connectivity index (χ3n) is 5.67. The van der Waals surface area contributed by atoms with Gasteiger partial charge in [0.25, 0.3) is 0 Å². The van der Waals surface area contributed by atoms with E-state index in [1.807, 2.05) is 24.5 Å². The molecule has 0 unspecified atom stereocenters. The van der Waals surface area contributed by atoms with E-state index in [2.05, 4.69) is 53.0 Å². The summed E-state index contributed by atoms with van der Waals surface area (Å²) in [6.07, 6.45) is 3.32. The number of amides is 1. The predicted octanol–water partition coefficient (Wildman–Crippen LogP) is 4.53. The van der Waals surface area contributed by atoms with E-state index in [9.17, 15) is 9.59 Å². The maximum Gasteiger partial charge on any atom is 0.304 e. The van der Waals surface area contributed by atoms with Crippen molar-refractivity contribution in [3.05, 3.63) is 12.2 Å². The fraction of sp³-hybridized carbons (Fsp3) is 0.789. The lowest BCUT2D eigenvalue weighted by atomic mass is 9.93. The second kappa shape index (κ2) is 7.98. The van der Waals surface area contributed by atoms with Gasteiger partial charge in [-0.1, -0.05) is 46.0 Å². The number of hydrogen-bond donors (Lipinski definition) is 0. The van der Waals surface area contributed by atoms with Gasteiger partial charge in [-0.05, 0) is 38.0 Å². The van der Waals surface area contributed by atoms with Gasteiger partial charge >= 0.3 is 5.97 Å². The first-order chi connectivity index (χ1) is 11.7. The van der Waals surface area contributed by atoms with Crippen LogP contribution in [0.2, 0.25) is 37.3 Å². The highest BCUT2D eigenvalue weighted by atomic mass is 28.4. The Balaban J connectivity index is 3.05. The topological polar surface area (TPSA) is 55.8 Å². The molecular weight excluding hydrogens is 362 g/mol. The van der Waals surface area contributed by atoms with Crippen LogP contribution in [0, 0.1) is 5.92 Å². The molecule has 1 fully saturated rings.